The maximum atomic E-state index is 11.3. The van der Waals surface area contributed by atoms with Crippen LogP contribution in [0, 0.1) is 6.92 Å². The van der Waals surface area contributed by atoms with Crippen molar-refractivity contribution in [2.45, 2.75) is 39.8 Å². The van der Waals surface area contributed by atoms with Gasteiger partial charge in [0.05, 0.1) is 23.7 Å². The normalized spacial score (nSPS) is 12.9. The summed E-state index contributed by atoms with van der Waals surface area (Å²) in [5.74, 6) is 0.826. The summed E-state index contributed by atoms with van der Waals surface area (Å²) in [7, 11) is -2.97. The van der Waals surface area contributed by atoms with Gasteiger partial charge in [0.2, 0.25) is 0 Å². The zero-order valence-corrected chi connectivity index (χ0v) is 20.0. The second kappa shape index (κ2) is 11.4. The Morgan fingerprint density at radius 2 is 2.00 bits per heavy atom. The van der Waals surface area contributed by atoms with Gasteiger partial charge < -0.3 is 10.6 Å². The molecule has 0 amide bonds. The molecular formula is C19H30IN5O2S. The highest BCUT2D eigenvalue weighted by atomic mass is 127. The number of sulfone groups is 1. The molecule has 0 aliphatic carbocycles. The number of hydrogen-bond acceptors (Lipinski definition) is 4. The van der Waals surface area contributed by atoms with Crippen LogP contribution in [0.25, 0.3) is 5.69 Å². The average Bonchev–Trinajstić information content (AvgIpc) is 3.04. The SMILES string of the molecule is CCNC(=NCc1ccccc1-n1ccc(C)n1)NC(C)CCS(C)(=O)=O.I. The van der Waals surface area contributed by atoms with Crippen molar-refractivity contribution in [3.05, 3.63) is 47.8 Å². The van der Waals surface area contributed by atoms with Gasteiger partial charge in [-0.15, -0.1) is 24.0 Å². The first-order valence-electron chi connectivity index (χ1n) is 9.11. The molecule has 2 rings (SSSR count). The summed E-state index contributed by atoms with van der Waals surface area (Å²) >= 11 is 0. The molecule has 1 unspecified atom stereocenters. The Bertz CT molecular complexity index is 880. The van der Waals surface area contributed by atoms with Crippen LogP contribution >= 0.6 is 24.0 Å². The largest absolute Gasteiger partial charge is 0.357 e. The van der Waals surface area contributed by atoms with E-state index >= 15 is 0 Å². The summed E-state index contributed by atoms with van der Waals surface area (Å²) in [5, 5.41) is 11.0. The Hall–Kier alpha value is -1.62. The summed E-state index contributed by atoms with van der Waals surface area (Å²) < 4.78 is 24.6. The van der Waals surface area contributed by atoms with E-state index in [-0.39, 0.29) is 35.8 Å². The fourth-order valence-electron chi connectivity index (χ4n) is 2.60. The summed E-state index contributed by atoms with van der Waals surface area (Å²) in [6.07, 6.45) is 3.73. The summed E-state index contributed by atoms with van der Waals surface area (Å²) in [6, 6.07) is 9.99. The molecular weight excluding hydrogens is 489 g/mol. The van der Waals surface area contributed by atoms with Crippen LogP contribution in [0.3, 0.4) is 0 Å². The van der Waals surface area contributed by atoms with Crippen molar-refractivity contribution >= 4 is 39.8 Å². The first kappa shape index (κ1) is 24.4. The van der Waals surface area contributed by atoms with Crippen LogP contribution in [0.2, 0.25) is 0 Å². The van der Waals surface area contributed by atoms with E-state index in [9.17, 15) is 8.42 Å². The Balaban J connectivity index is 0.00000392. The topological polar surface area (TPSA) is 88.4 Å². The Morgan fingerprint density at radius 3 is 2.61 bits per heavy atom. The number of hydrogen-bond donors (Lipinski definition) is 2. The minimum absolute atomic E-state index is 0. The van der Waals surface area contributed by atoms with Crippen LogP contribution in [0.5, 0.6) is 0 Å². The van der Waals surface area contributed by atoms with Crippen molar-refractivity contribution < 1.29 is 8.42 Å². The van der Waals surface area contributed by atoms with Gasteiger partial charge in [-0.3, -0.25) is 0 Å². The van der Waals surface area contributed by atoms with E-state index in [0.717, 1.165) is 23.5 Å². The number of nitrogens with zero attached hydrogens (tertiary/aromatic N) is 3. The van der Waals surface area contributed by atoms with Crippen molar-refractivity contribution in [3.63, 3.8) is 0 Å². The van der Waals surface area contributed by atoms with Gasteiger partial charge in [-0.2, -0.15) is 5.10 Å². The van der Waals surface area contributed by atoms with Gasteiger partial charge >= 0.3 is 0 Å². The van der Waals surface area contributed by atoms with Gasteiger partial charge in [0.25, 0.3) is 0 Å². The lowest BCUT2D eigenvalue weighted by atomic mass is 10.2. The molecule has 0 saturated carbocycles. The minimum Gasteiger partial charge on any atom is -0.357 e. The standard InChI is InChI=1S/C19H29N5O2S.HI/c1-5-20-19(22-15(2)11-13-27(4,25)26)21-14-17-8-6-7-9-18(17)24-12-10-16(3)23-24;/h6-10,12,15H,5,11,13-14H2,1-4H3,(H2,20,21,22);1H. The van der Waals surface area contributed by atoms with Crippen LogP contribution in [0.4, 0.5) is 0 Å². The highest BCUT2D eigenvalue weighted by Crippen LogP contribution is 2.15. The average molecular weight is 519 g/mol. The number of nitrogens with one attached hydrogen (secondary N) is 2. The van der Waals surface area contributed by atoms with Crippen LogP contribution in [0.1, 0.15) is 31.5 Å². The number of rotatable bonds is 8. The molecule has 0 aliphatic heterocycles. The van der Waals surface area contributed by atoms with Gasteiger partial charge in [0, 0.05) is 25.0 Å². The summed E-state index contributed by atoms with van der Waals surface area (Å²) in [6.45, 7) is 7.13. The van der Waals surface area contributed by atoms with E-state index in [1.165, 1.54) is 6.26 Å². The number of aryl methyl sites for hydroxylation is 1. The van der Waals surface area contributed by atoms with E-state index < -0.39 is 9.84 Å². The lowest BCUT2D eigenvalue weighted by Crippen LogP contribution is -2.42. The molecule has 1 heterocycles. The monoisotopic (exact) mass is 519 g/mol. The van der Waals surface area contributed by atoms with Crippen LogP contribution in [0.15, 0.2) is 41.5 Å². The van der Waals surface area contributed by atoms with Crippen molar-refractivity contribution in [2.75, 3.05) is 18.6 Å². The smallest absolute Gasteiger partial charge is 0.191 e. The second-order valence-electron chi connectivity index (χ2n) is 6.69. The zero-order valence-electron chi connectivity index (χ0n) is 16.8. The van der Waals surface area contributed by atoms with Crippen molar-refractivity contribution in [1.29, 1.82) is 0 Å². The molecule has 7 nitrogen and oxygen atoms in total. The first-order valence-corrected chi connectivity index (χ1v) is 11.2. The lowest BCUT2D eigenvalue weighted by Gasteiger charge is -2.17. The molecule has 0 aliphatic rings. The minimum atomic E-state index is -2.97. The molecule has 2 aromatic rings. The van der Waals surface area contributed by atoms with E-state index in [1.807, 2.05) is 62.0 Å². The van der Waals surface area contributed by atoms with E-state index in [2.05, 4.69) is 20.7 Å². The number of aliphatic imine (C=N–C) groups is 1. The third kappa shape index (κ3) is 8.17. The fraction of sp³-hybridized carbons (Fsp3) is 0.474. The molecule has 1 atom stereocenters. The van der Waals surface area contributed by atoms with Crippen molar-refractivity contribution in [1.82, 2.24) is 20.4 Å². The van der Waals surface area contributed by atoms with Gasteiger partial charge in [0.1, 0.15) is 9.84 Å². The summed E-state index contributed by atoms with van der Waals surface area (Å²) in [5.41, 5.74) is 3.01. The van der Waals surface area contributed by atoms with Gasteiger partial charge in [0.15, 0.2) is 5.96 Å². The van der Waals surface area contributed by atoms with Crippen LogP contribution in [-0.4, -0.2) is 48.8 Å². The Kier molecular flexibility index (Phi) is 9.94. The maximum Gasteiger partial charge on any atom is 0.191 e. The molecule has 0 saturated heterocycles. The quantitative estimate of drug-likeness (QED) is 0.318. The van der Waals surface area contributed by atoms with E-state index in [0.29, 0.717) is 18.9 Å². The highest BCUT2D eigenvalue weighted by molar-refractivity contribution is 14.0. The molecule has 28 heavy (non-hydrogen) atoms. The Labute approximate surface area is 185 Å². The number of benzene rings is 1. The predicted octanol–water partition coefficient (Wildman–Crippen LogP) is 2.68. The molecule has 9 heteroatoms. The number of guanidine groups is 1. The summed E-state index contributed by atoms with van der Waals surface area (Å²) in [4.78, 5) is 4.66. The Morgan fingerprint density at radius 1 is 1.29 bits per heavy atom. The van der Waals surface area contributed by atoms with Crippen LogP contribution < -0.4 is 10.6 Å². The molecule has 0 bridgehead atoms. The van der Waals surface area contributed by atoms with Crippen molar-refractivity contribution in [2.24, 2.45) is 4.99 Å². The second-order valence-corrected chi connectivity index (χ2v) is 8.95. The third-order valence-electron chi connectivity index (χ3n) is 4.02. The van der Waals surface area contributed by atoms with Gasteiger partial charge in [-0.05, 0) is 44.9 Å². The molecule has 1 aromatic heterocycles. The van der Waals surface area contributed by atoms with Gasteiger partial charge in [-0.25, -0.2) is 18.1 Å². The highest BCUT2D eigenvalue weighted by Gasteiger charge is 2.10. The molecule has 0 spiro atoms. The van der Waals surface area contributed by atoms with Crippen molar-refractivity contribution in [3.8, 4) is 5.69 Å². The maximum absolute atomic E-state index is 11.3. The number of aromatic nitrogens is 2. The predicted molar refractivity (Wildman–Crippen MR) is 125 cm³/mol. The fourth-order valence-corrected chi connectivity index (χ4v) is 3.38. The molecule has 1 aromatic carbocycles. The van der Waals surface area contributed by atoms with E-state index in [1.54, 1.807) is 0 Å². The molecule has 2 N–H and O–H groups in total. The first-order chi connectivity index (χ1) is 12.8. The zero-order chi connectivity index (χ0) is 19.9. The molecule has 0 radical (unpaired) electrons. The van der Waals surface area contributed by atoms with Gasteiger partial charge in [-0.1, -0.05) is 18.2 Å². The number of halogens is 1. The third-order valence-corrected chi connectivity index (χ3v) is 4.99. The lowest BCUT2D eigenvalue weighted by molar-refractivity contribution is 0.581. The van der Waals surface area contributed by atoms with E-state index in [4.69, 9.17) is 0 Å². The molecule has 0 fully saturated rings. The molecule has 156 valence electrons. The van der Waals surface area contributed by atoms with Crippen LogP contribution in [-0.2, 0) is 16.4 Å². The number of para-hydroxylation sites is 1.